The molecule has 0 unspecified atom stereocenters. The number of benzene rings is 1. The molecule has 1 aliphatic rings. The van der Waals surface area contributed by atoms with Crippen molar-refractivity contribution in [2.45, 2.75) is 19.3 Å². The number of rotatable bonds is 1. The summed E-state index contributed by atoms with van der Waals surface area (Å²) >= 11 is 0. The van der Waals surface area contributed by atoms with Gasteiger partial charge in [-0.2, -0.15) is 4.39 Å². The van der Waals surface area contributed by atoms with E-state index in [9.17, 15) is 9.50 Å². The molecule has 0 fully saturated rings. The Morgan fingerprint density at radius 2 is 2.06 bits per heavy atom. The SMILES string of the molecule is Oc1c(-c2ccnc(F)c2)ccc2c1CCC2. The highest BCUT2D eigenvalue weighted by Gasteiger charge is 2.18. The Kier molecular flexibility index (Phi) is 2.32. The highest BCUT2D eigenvalue weighted by molar-refractivity contribution is 5.72. The minimum absolute atomic E-state index is 0.297. The number of hydrogen-bond donors (Lipinski definition) is 1. The highest BCUT2D eigenvalue weighted by Crippen LogP contribution is 2.38. The van der Waals surface area contributed by atoms with Crippen LogP contribution in [0.5, 0.6) is 5.75 Å². The summed E-state index contributed by atoms with van der Waals surface area (Å²) < 4.78 is 13.1. The molecule has 0 amide bonds. The summed E-state index contributed by atoms with van der Waals surface area (Å²) in [4.78, 5) is 3.52. The van der Waals surface area contributed by atoms with E-state index in [1.54, 1.807) is 6.07 Å². The molecule has 1 heterocycles. The number of phenolic OH excluding ortho intramolecular Hbond substituents is 1. The summed E-state index contributed by atoms with van der Waals surface area (Å²) in [7, 11) is 0. The molecule has 1 aromatic carbocycles. The van der Waals surface area contributed by atoms with Crippen molar-refractivity contribution in [3.8, 4) is 16.9 Å². The van der Waals surface area contributed by atoms with Crippen LogP contribution in [0.3, 0.4) is 0 Å². The van der Waals surface area contributed by atoms with E-state index >= 15 is 0 Å². The van der Waals surface area contributed by atoms with Crippen molar-refractivity contribution in [2.75, 3.05) is 0 Å². The third-order valence-electron chi connectivity index (χ3n) is 3.29. The minimum atomic E-state index is -0.526. The molecule has 17 heavy (non-hydrogen) atoms. The predicted octanol–water partition coefficient (Wildman–Crippen LogP) is 3.08. The first-order chi connectivity index (χ1) is 8.25. The van der Waals surface area contributed by atoms with Crippen molar-refractivity contribution in [2.24, 2.45) is 0 Å². The van der Waals surface area contributed by atoms with E-state index in [-0.39, 0.29) is 0 Å². The summed E-state index contributed by atoms with van der Waals surface area (Å²) in [5.74, 6) is -0.229. The van der Waals surface area contributed by atoms with Gasteiger partial charge in [-0.05, 0) is 42.0 Å². The van der Waals surface area contributed by atoms with Crippen molar-refractivity contribution in [3.63, 3.8) is 0 Å². The molecule has 0 saturated carbocycles. The van der Waals surface area contributed by atoms with Crippen LogP contribution in [0.4, 0.5) is 4.39 Å². The fourth-order valence-electron chi connectivity index (χ4n) is 2.45. The van der Waals surface area contributed by atoms with Gasteiger partial charge in [0.2, 0.25) is 5.95 Å². The van der Waals surface area contributed by atoms with Crippen LogP contribution in [0.2, 0.25) is 0 Å². The second kappa shape index (κ2) is 3.84. The van der Waals surface area contributed by atoms with Crippen LogP contribution >= 0.6 is 0 Å². The van der Waals surface area contributed by atoms with Gasteiger partial charge in [-0.3, -0.25) is 0 Å². The van der Waals surface area contributed by atoms with E-state index in [0.29, 0.717) is 16.9 Å². The van der Waals surface area contributed by atoms with Crippen LogP contribution in [0.1, 0.15) is 17.5 Å². The molecule has 0 aliphatic heterocycles. The zero-order chi connectivity index (χ0) is 11.8. The summed E-state index contributed by atoms with van der Waals surface area (Å²) in [6.07, 6.45) is 4.42. The van der Waals surface area contributed by atoms with E-state index in [0.717, 1.165) is 24.8 Å². The van der Waals surface area contributed by atoms with E-state index in [4.69, 9.17) is 0 Å². The highest BCUT2D eigenvalue weighted by atomic mass is 19.1. The lowest BCUT2D eigenvalue weighted by Crippen LogP contribution is -1.89. The van der Waals surface area contributed by atoms with Gasteiger partial charge in [0.05, 0.1) is 0 Å². The summed E-state index contributed by atoms with van der Waals surface area (Å²) in [6, 6.07) is 6.93. The maximum Gasteiger partial charge on any atom is 0.213 e. The van der Waals surface area contributed by atoms with Crippen molar-refractivity contribution in [1.82, 2.24) is 4.98 Å². The topological polar surface area (TPSA) is 33.1 Å². The maximum atomic E-state index is 13.1. The first kappa shape index (κ1) is 10.3. The van der Waals surface area contributed by atoms with Gasteiger partial charge in [0.1, 0.15) is 5.75 Å². The third-order valence-corrected chi connectivity index (χ3v) is 3.29. The number of halogens is 1. The van der Waals surface area contributed by atoms with Crippen molar-refractivity contribution < 1.29 is 9.50 Å². The third kappa shape index (κ3) is 1.68. The molecule has 2 aromatic rings. The van der Waals surface area contributed by atoms with E-state index in [2.05, 4.69) is 4.98 Å². The molecule has 3 heteroatoms. The van der Waals surface area contributed by atoms with E-state index in [1.165, 1.54) is 17.8 Å². The number of hydrogen-bond acceptors (Lipinski definition) is 2. The van der Waals surface area contributed by atoms with Crippen LogP contribution in [-0.4, -0.2) is 10.1 Å². The first-order valence-electron chi connectivity index (χ1n) is 5.71. The molecule has 2 nitrogen and oxygen atoms in total. The quantitative estimate of drug-likeness (QED) is 0.762. The summed E-state index contributed by atoms with van der Waals surface area (Å²) in [5, 5.41) is 10.2. The number of aromatic hydroxyl groups is 1. The summed E-state index contributed by atoms with van der Waals surface area (Å²) in [5.41, 5.74) is 3.58. The smallest absolute Gasteiger partial charge is 0.213 e. The van der Waals surface area contributed by atoms with Crippen LogP contribution in [0.15, 0.2) is 30.5 Å². The normalized spacial score (nSPS) is 13.7. The molecule has 1 N–H and O–H groups in total. The Hall–Kier alpha value is -1.90. The lowest BCUT2D eigenvalue weighted by atomic mass is 9.99. The molecule has 0 saturated heterocycles. The zero-order valence-electron chi connectivity index (χ0n) is 9.28. The number of aromatic nitrogens is 1. The fourth-order valence-corrected chi connectivity index (χ4v) is 2.45. The molecule has 1 aliphatic carbocycles. The van der Waals surface area contributed by atoms with Gasteiger partial charge < -0.3 is 5.11 Å². The Labute approximate surface area is 98.8 Å². The van der Waals surface area contributed by atoms with Crippen molar-refractivity contribution >= 4 is 0 Å². The van der Waals surface area contributed by atoms with Crippen molar-refractivity contribution in [1.29, 1.82) is 0 Å². The monoisotopic (exact) mass is 229 g/mol. The van der Waals surface area contributed by atoms with Crippen LogP contribution in [0, 0.1) is 5.95 Å². The van der Waals surface area contributed by atoms with E-state index in [1.807, 2.05) is 12.1 Å². The lowest BCUT2D eigenvalue weighted by molar-refractivity contribution is 0.471. The summed E-state index contributed by atoms with van der Waals surface area (Å²) in [6.45, 7) is 0. The Balaban J connectivity index is 2.16. The van der Waals surface area contributed by atoms with Crippen LogP contribution in [0.25, 0.3) is 11.1 Å². The number of nitrogens with zero attached hydrogens (tertiary/aromatic N) is 1. The minimum Gasteiger partial charge on any atom is -0.507 e. The van der Waals surface area contributed by atoms with Crippen LogP contribution < -0.4 is 0 Å². The van der Waals surface area contributed by atoms with Gasteiger partial charge in [0, 0.05) is 17.8 Å². The largest absolute Gasteiger partial charge is 0.507 e. The second-order valence-corrected chi connectivity index (χ2v) is 4.32. The molecule has 0 radical (unpaired) electrons. The average Bonchev–Trinajstić information content (AvgIpc) is 2.78. The van der Waals surface area contributed by atoms with Gasteiger partial charge in [-0.15, -0.1) is 0 Å². The maximum absolute atomic E-state index is 13.1. The number of phenols is 1. The molecule has 3 rings (SSSR count). The molecule has 0 spiro atoms. The average molecular weight is 229 g/mol. The standard InChI is InChI=1S/C14H12FNO/c15-13-8-10(6-7-16-13)12-5-4-9-2-1-3-11(9)14(12)17/h4-8,17H,1-3H2. The number of fused-ring (bicyclic) bond motifs is 1. The Morgan fingerprint density at radius 3 is 2.88 bits per heavy atom. The van der Waals surface area contributed by atoms with Crippen molar-refractivity contribution in [3.05, 3.63) is 47.5 Å². The molecule has 0 atom stereocenters. The first-order valence-corrected chi connectivity index (χ1v) is 5.71. The predicted molar refractivity (Wildman–Crippen MR) is 63.3 cm³/mol. The molecule has 1 aromatic heterocycles. The van der Waals surface area contributed by atoms with Crippen LogP contribution in [-0.2, 0) is 12.8 Å². The van der Waals surface area contributed by atoms with Gasteiger partial charge in [-0.25, -0.2) is 4.98 Å². The molecule has 86 valence electrons. The van der Waals surface area contributed by atoms with Gasteiger partial charge in [0.15, 0.2) is 0 Å². The Morgan fingerprint density at radius 1 is 1.18 bits per heavy atom. The van der Waals surface area contributed by atoms with Gasteiger partial charge in [-0.1, -0.05) is 12.1 Å². The lowest BCUT2D eigenvalue weighted by Gasteiger charge is -2.09. The number of aryl methyl sites for hydroxylation is 1. The second-order valence-electron chi connectivity index (χ2n) is 4.32. The molecular weight excluding hydrogens is 217 g/mol. The molecular formula is C14H12FNO. The Bertz CT molecular complexity index is 580. The van der Waals surface area contributed by atoms with Gasteiger partial charge >= 0.3 is 0 Å². The van der Waals surface area contributed by atoms with Gasteiger partial charge in [0.25, 0.3) is 0 Å². The fraction of sp³-hybridized carbons (Fsp3) is 0.214. The molecule has 0 bridgehead atoms. The number of pyridine rings is 1. The zero-order valence-corrected chi connectivity index (χ0v) is 9.28. The van der Waals surface area contributed by atoms with E-state index < -0.39 is 5.95 Å².